The lowest BCUT2D eigenvalue weighted by atomic mass is 10.3. The normalized spacial score (nSPS) is 10.3. The molecule has 0 aromatic carbocycles. The number of anilines is 3. The molecule has 0 bridgehead atoms. The first-order valence-corrected chi connectivity index (χ1v) is 5.65. The van der Waals surface area contributed by atoms with E-state index in [0.29, 0.717) is 0 Å². The Morgan fingerprint density at radius 1 is 1.29 bits per heavy atom. The largest absolute Gasteiger partial charge is 0.384 e. The van der Waals surface area contributed by atoms with Crippen molar-refractivity contribution in [2.75, 3.05) is 17.2 Å². The van der Waals surface area contributed by atoms with Gasteiger partial charge in [-0.05, 0) is 19.9 Å². The Labute approximate surface area is 101 Å². The fourth-order valence-corrected chi connectivity index (χ4v) is 1.69. The second-order valence-corrected chi connectivity index (χ2v) is 3.92. The molecule has 2 aromatic heterocycles. The minimum Gasteiger partial charge on any atom is -0.384 e. The first-order chi connectivity index (χ1) is 8.19. The predicted molar refractivity (Wildman–Crippen MR) is 69.6 cm³/mol. The van der Waals surface area contributed by atoms with Crippen molar-refractivity contribution < 1.29 is 0 Å². The highest BCUT2D eigenvalue weighted by Crippen LogP contribution is 2.20. The van der Waals surface area contributed by atoms with Gasteiger partial charge in [0.1, 0.15) is 0 Å². The van der Waals surface area contributed by atoms with Crippen molar-refractivity contribution in [1.82, 2.24) is 14.8 Å². The van der Waals surface area contributed by atoms with Crippen LogP contribution in [0, 0.1) is 6.92 Å². The van der Waals surface area contributed by atoms with Gasteiger partial charge in [0.2, 0.25) is 0 Å². The Morgan fingerprint density at radius 2 is 2.06 bits per heavy atom. The Morgan fingerprint density at radius 3 is 2.71 bits per heavy atom. The molecule has 0 aliphatic rings. The number of nitrogens with one attached hydrogen (secondary N) is 2. The number of aromatic nitrogens is 3. The van der Waals surface area contributed by atoms with E-state index in [4.69, 9.17) is 0 Å². The van der Waals surface area contributed by atoms with Gasteiger partial charge in [-0.1, -0.05) is 0 Å². The molecule has 0 saturated heterocycles. The lowest BCUT2D eigenvalue weighted by molar-refractivity contribution is 0.756. The molecule has 0 saturated carbocycles. The molecule has 0 radical (unpaired) electrons. The molecule has 2 rings (SSSR count). The summed E-state index contributed by atoms with van der Waals surface area (Å²) in [7, 11) is 1.91. The van der Waals surface area contributed by atoms with Crippen LogP contribution in [0.4, 0.5) is 17.1 Å². The van der Waals surface area contributed by atoms with E-state index in [1.165, 1.54) is 0 Å². The number of pyridine rings is 1. The minimum absolute atomic E-state index is 0.886. The van der Waals surface area contributed by atoms with Crippen LogP contribution in [0.15, 0.2) is 24.7 Å². The third kappa shape index (κ3) is 2.75. The molecule has 5 nitrogen and oxygen atoms in total. The van der Waals surface area contributed by atoms with Gasteiger partial charge in [0.05, 0.1) is 35.1 Å². The number of rotatable bonds is 4. The topological polar surface area (TPSA) is 54.8 Å². The summed E-state index contributed by atoms with van der Waals surface area (Å²) in [6.45, 7) is 4.92. The van der Waals surface area contributed by atoms with Crippen LogP contribution in [0.3, 0.4) is 0 Å². The molecule has 90 valence electrons. The zero-order valence-corrected chi connectivity index (χ0v) is 10.4. The molecule has 2 N–H and O–H groups in total. The Kier molecular flexibility index (Phi) is 3.27. The summed E-state index contributed by atoms with van der Waals surface area (Å²) in [6.07, 6.45) is 5.56. The maximum atomic E-state index is 4.28. The lowest BCUT2D eigenvalue weighted by Crippen LogP contribution is -1.98. The fraction of sp³-hybridized carbons (Fsp3) is 0.333. The van der Waals surface area contributed by atoms with E-state index in [1.807, 2.05) is 32.4 Å². The third-order valence-corrected chi connectivity index (χ3v) is 2.41. The molecule has 0 amide bonds. The smallest absolute Gasteiger partial charge is 0.0828 e. The molecular weight excluding hydrogens is 214 g/mol. The Balaban J connectivity index is 2.18. The first-order valence-electron chi connectivity index (χ1n) is 5.65. The SMILES string of the molecule is CCNc1cncc(Nc2cn(C)nc2C)c1. The van der Waals surface area contributed by atoms with Crippen LogP contribution in [-0.2, 0) is 7.05 Å². The van der Waals surface area contributed by atoms with Crippen molar-refractivity contribution in [2.24, 2.45) is 7.05 Å². The van der Waals surface area contributed by atoms with Crippen LogP contribution < -0.4 is 10.6 Å². The van der Waals surface area contributed by atoms with Gasteiger partial charge in [0.25, 0.3) is 0 Å². The van der Waals surface area contributed by atoms with Gasteiger partial charge in [-0.25, -0.2) is 0 Å². The Hall–Kier alpha value is -2.04. The number of nitrogens with zero attached hydrogens (tertiary/aromatic N) is 3. The van der Waals surface area contributed by atoms with Crippen LogP contribution in [0.5, 0.6) is 0 Å². The minimum atomic E-state index is 0.886. The number of hydrogen-bond acceptors (Lipinski definition) is 4. The van der Waals surface area contributed by atoms with Crippen molar-refractivity contribution in [3.05, 3.63) is 30.4 Å². The van der Waals surface area contributed by atoms with Gasteiger partial charge in [-0.3, -0.25) is 9.67 Å². The molecule has 0 spiro atoms. The van der Waals surface area contributed by atoms with Crippen LogP contribution in [-0.4, -0.2) is 21.3 Å². The lowest BCUT2D eigenvalue weighted by Gasteiger charge is -2.07. The van der Waals surface area contributed by atoms with Gasteiger partial charge < -0.3 is 10.6 Å². The fourth-order valence-electron chi connectivity index (χ4n) is 1.69. The molecule has 0 unspecified atom stereocenters. The monoisotopic (exact) mass is 231 g/mol. The first kappa shape index (κ1) is 11.4. The van der Waals surface area contributed by atoms with E-state index in [0.717, 1.165) is 29.3 Å². The van der Waals surface area contributed by atoms with Gasteiger partial charge in [-0.2, -0.15) is 5.10 Å². The molecule has 5 heteroatoms. The maximum Gasteiger partial charge on any atom is 0.0828 e. The van der Waals surface area contributed by atoms with Crippen molar-refractivity contribution in [2.45, 2.75) is 13.8 Å². The van der Waals surface area contributed by atoms with Gasteiger partial charge >= 0.3 is 0 Å². The van der Waals surface area contributed by atoms with Crippen molar-refractivity contribution in [3.63, 3.8) is 0 Å². The second-order valence-electron chi connectivity index (χ2n) is 3.92. The average Bonchev–Trinajstić information content (AvgIpc) is 2.58. The van der Waals surface area contributed by atoms with Crippen molar-refractivity contribution in [1.29, 1.82) is 0 Å². The number of aryl methyl sites for hydroxylation is 2. The summed E-state index contributed by atoms with van der Waals surface area (Å²) in [5, 5.41) is 10.8. The van der Waals surface area contributed by atoms with E-state index in [2.05, 4.69) is 27.6 Å². The van der Waals surface area contributed by atoms with Gasteiger partial charge in [0, 0.05) is 19.8 Å². The number of hydrogen-bond donors (Lipinski definition) is 2. The highest BCUT2D eigenvalue weighted by Gasteiger charge is 2.03. The summed E-state index contributed by atoms with van der Waals surface area (Å²) >= 11 is 0. The van der Waals surface area contributed by atoms with Crippen LogP contribution >= 0.6 is 0 Å². The van der Waals surface area contributed by atoms with Crippen molar-refractivity contribution in [3.8, 4) is 0 Å². The van der Waals surface area contributed by atoms with Crippen LogP contribution in [0.25, 0.3) is 0 Å². The molecular formula is C12H17N5. The van der Waals surface area contributed by atoms with Crippen molar-refractivity contribution >= 4 is 17.1 Å². The maximum absolute atomic E-state index is 4.28. The molecule has 2 aromatic rings. The second kappa shape index (κ2) is 4.86. The summed E-state index contributed by atoms with van der Waals surface area (Å²) in [5.41, 5.74) is 3.95. The van der Waals surface area contributed by atoms with Crippen LogP contribution in [0.2, 0.25) is 0 Å². The third-order valence-electron chi connectivity index (χ3n) is 2.41. The van der Waals surface area contributed by atoms with E-state index >= 15 is 0 Å². The molecule has 17 heavy (non-hydrogen) atoms. The summed E-state index contributed by atoms with van der Waals surface area (Å²) < 4.78 is 1.79. The zero-order chi connectivity index (χ0) is 12.3. The van der Waals surface area contributed by atoms with Crippen LogP contribution in [0.1, 0.15) is 12.6 Å². The summed E-state index contributed by atoms with van der Waals surface area (Å²) in [5.74, 6) is 0. The molecule has 2 heterocycles. The van der Waals surface area contributed by atoms with E-state index in [9.17, 15) is 0 Å². The molecule has 0 aliphatic heterocycles. The van der Waals surface area contributed by atoms with Gasteiger partial charge in [0.15, 0.2) is 0 Å². The quantitative estimate of drug-likeness (QED) is 0.847. The molecule has 0 fully saturated rings. The Bertz CT molecular complexity index is 503. The summed E-state index contributed by atoms with van der Waals surface area (Å²) in [4.78, 5) is 4.18. The predicted octanol–water partition coefficient (Wildman–Crippen LogP) is 2.30. The van der Waals surface area contributed by atoms with E-state index < -0.39 is 0 Å². The van der Waals surface area contributed by atoms with E-state index in [-0.39, 0.29) is 0 Å². The molecule has 0 atom stereocenters. The standard InChI is InChI=1S/C12H17N5/c1-4-14-10-5-11(7-13-6-10)15-12-8-17(3)16-9(12)2/h5-8,14-15H,4H2,1-3H3. The highest BCUT2D eigenvalue weighted by molar-refractivity contribution is 5.63. The summed E-state index contributed by atoms with van der Waals surface area (Å²) in [6, 6.07) is 2.03. The molecule has 0 aliphatic carbocycles. The zero-order valence-electron chi connectivity index (χ0n) is 10.4. The highest BCUT2D eigenvalue weighted by atomic mass is 15.3. The average molecular weight is 231 g/mol. The van der Waals surface area contributed by atoms with E-state index in [1.54, 1.807) is 10.9 Å². The van der Waals surface area contributed by atoms with Gasteiger partial charge in [-0.15, -0.1) is 0 Å².